The third-order valence-corrected chi connectivity index (χ3v) is 5.52. The summed E-state index contributed by atoms with van der Waals surface area (Å²) in [6.45, 7) is 0.694. The van der Waals surface area contributed by atoms with Gasteiger partial charge < -0.3 is 14.6 Å². The average Bonchev–Trinajstić information content (AvgIpc) is 3.44. The number of hydrogen-bond donors (Lipinski definition) is 1. The number of nitrogens with zero attached hydrogens (tertiary/aromatic N) is 1. The highest BCUT2D eigenvalue weighted by Crippen LogP contribution is 2.44. The zero-order valence-electron chi connectivity index (χ0n) is 14.7. The van der Waals surface area contributed by atoms with Gasteiger partial charge in [0, 0.05) is 6.42 Å². The van der Waals surface area contributed by atoms with Gasteiger partial charge in [0.05, 0.1) is 25.2 Å². The summed E-state index contributed by atoms with van der Waals surface area (Å²) in [7, 11) is 1.62. The number of ether oxygens (including phenoxy) is 2. The Morgan fingerprint density at radius 1 is 1.24 bits per heavy atom. The minimum absolute atomic E-state index is 0.169. The molecule has 2 saturated carbocycles. The lowest BCUT2D eigenvalue weighted by molar-refractivity contribution is -0.138. The van der Waals surface area contributed by atoms with Crippen molar-refractivity contribution in [2.75, 3.05) is 13.7 Å². The number of rotatable bonds is 7. The number of nitriles is 1. The molecule has 134 valence electrons. The molecular weight excluding hydrogens is 318 g/mol. The topological polar surface area (TPSA) is 79.5 Å². The van der Waals surface area contributed by atoms with E-state index in [0.29, 0.717) is 36.9 Å². The molecule has 0 heterocycles. The smallest absolute Gasteiger partial charge is 0.303 e. The molecule has 0 aromatic heterocycles. The Morgan fingerprint density at radius 3 is 2.52 bits per heavy atom. The maximum Gasteiger partial charge on any atom is 0.303 e. The average molecular weight is 343 g/mol. The number of carbonyl (C=O) groups is 1. The van der Waals surface area contributed by atoms with E-state index in [9.17, 15) is 10.1 Å². The van der Waals surface area contributed by atoms with Gasteiger partial charge in [0.2, 0.25) is 0 Å². The van der Waals surface area contributed by atoms with Crippen LogP contribution in [0.15, 0.2) is 18.2 Å². The van der Waals surface area contributed by atoms with E-state index < -0.39 is 11.4 Å². The molecule has 0 amide bonds. The monoisotopic (exact) mass is 343 g/mol. The van der Waals surface area contributed by atoms with Crippen molar-refractivity contribution < 1.29 is 19.4 Å². The van der Waals surface area contributed by atoms with Gasteiger partial charge in [-0.2, -0.15) is 5.26 Å². The third kappa shape index (κ3) is 4.07. The molecule has 1 aromatic carbocycles. The fourth-order valence-electron chi connectivity index (χ4n) is 3.67. The highest BCUT2D eigenvalue weighted by molar-refractivity contribution is 5.67. The second kappa shape index (κ2) is 7.35. The van der Waals surface area contributed by atoms with Crippen LogP contribution in [-0.4, -0.2) is 24.8 Å². The fraction of sp³-hybridized carbons (Fsp3) is 0.600. The molecule has 5 heteroatoms. The highest BCUT2D eigenvalue weighted by Gasteiger charge is 2.38. The molecule has 0 radical (unpaired) electrons. The van der Waals surface area contributed by atoms with Crippen LogP contribution < -0.4 is 9.47 Å². The summed E-state index contributed by atoms with van der Waals surface area (Å²) in [4.78, 5) is 10.9. The standard InChI is InChI=1S/C20H25NO4/c1-24-17-5-4-16(11-18(17)25-12-15-2-3-15)20(13-21)8-6-14(7-9-20)10-19(22)23/h4-5,11,14-15H,2-3,6-10,12H2,1H3,(H,22,23). The first-order chi connectivity index (χ1) is 12.1. The largest absolute Gasteiger partial charge is 0.493 e. The molecule has 1 aromatic rings. The Kier molecular flexibility index (Phi) is 5.17. The second-order valence-corrected chi connectivity index (χ2v) is 7.36. The quantitative estimate of drug-likeness (QED) is 0.812. The number of benzene rings is 1. The van der Waals surface area contributed by atoms with Crippen molar-refractivity contribution >= 4 is 5.97 Å². The second-order valence-electron chi connectivity index (χ2n) is 7.36. The van der Waals surface area contributed by atoms with E-state index >= 15 is 0 Å². The Hall–Kier alpha value is -2.22. The van der Waals surface area contributed by atoms with Crippen LogP contribution in [0.4, 0.5) is 0 Å². The maximum atomic E-state index is 10.9. The molecule has 0 aliphatic heterocycles. The summed E-state index contributed by atoms with van der Waals surface area (Å²) in [6.07, 6.45) is 5.55. The molecule has 25 heavy (non-hydrogen) atoms. The van der Waals surface area contributed by atoms with Crippen molar-refractivity contribution in [2.45, 2.75) is 50.4 Å². The van der Waals surface area contributed by atoms with Crippen molar-refractivity contribution in [2.24, 2.45) is 11.8 Å². The Labute approximate surface area is 148 Å². The van der Waals surface area contributed by atoms with Crippen LogP contribution in [0.1, 0.15) is 50.5 Å². The molecule has 0 unspecified atom stereocenters. The molecule has 1 N–H and O–H groups in total. The van der Waals surface area contributed by atoms with Crippen LogP contribution >= 0.6 is 0 Å². The molecule has 2 fully saturated rings. The molecule has 0 spiro atoms. The molecule has 5 nitrogen and oxygen atoms in total. The van der Waals surface area contributed by atoms with Crippen LogP contribution in [0.5, 0.6) is 11.5 Å². The van der Waals surface area contributed by atoms with E-state index in [1.807, 2.05) is 18.2 Å². The van der Waals surface area contributed by atoms with Gasteiger partial charge in [0.1, 0.15) is 0 Å². The van der Waals surface area contributed by atoms with Crippen LogP contribution in [0.3, 0.4) is 0 Å². The number of hydrogen-bond acceptors (Lipinski definition) is 4. The van der Waals surface area contributed by atoms with Gasteiger partial charge in [-0.05, 0) is 68.1 Å². The normalized spacial score (nSPS) is 25.8. The number of methoxy groups -OCH3 is 1. The maximum absolute atomic E-state index is 10.9. The predicted molar refractivity (Wildman–Crippen MR) is 92.7 cm³/mol. The summed E-state index contributed by atoms with van der Waals surface area (Å²) in [5.74, 6) is 1.45. The van der Waals surface area contributed by atoms with Crippen LogP contribution in [-0.2, 0) is 10.2 Å². The van der Waals surface area contributed by atoms with E-state index in [2.05, 4.69) is 6.07 Å². The number of aliphatic carboxylic acids is 1. The third-order valence-electron chi connectivity index (χ3n) is 5.52. The van der Waals surface area contributed by atoms with E-state index in [-0.39, 0.29) is 12.3 Å². The first kappa shape index (κ1) is 17.6. The van der Waals surface area contributed by atoms with E-state index in [0.717, 1.165) is 18.4 Å². The molecule has 2 aliphatic rings. The fourth-order valence-corrected chi connectivity index (χ4v) is 3.67. The van der Waals surface area contributed by atoms with Crippen molar-refractivity contribution in [3.05, 3.63) is 23.8 Å². The summed E-state index contributed by atoms with van der Waals surface area (Å²) >= 11 is 0. The lowest BCUT2D eigenvalue weighted by Crippen LogP contribution is -2.31. The van der Waals surface area contributed by atoms with Gasteiger partial charge in [-0.1, -0.05) is 6.07 Å². The van der Waals surface area contributed by atoms with Gasteiger partial charge in [0.15, 0.2) is 11.5 Å². The van der Waals surface area contributed by atoms with E-state index in [1.54, 1.807) is 7.11 Å². The predicted octanol–water partition coefficient (Wildman–Crippen LogP) is 3.91. The van der Waals surface area contributed by atoms with Gasteiger partial charge >= 0.3 is 5.97 Å². The van der Waals surface area contributed by atoms with E-state index in [1.165, 1.54) is 12.8 Å². The lowest BCUT2D eigenvalue weighted by atomic mass is 9.67. The molecule has 0 bridgehead atoms. The molecule has 0 saturated heterocycles. The number of carboxylic acids is 1. The summed E-state index contributed by atoms with van der Waals surface area (Å²) < 4.78 is 11.3. The molecule has 2 aliphatic carbocycles. The first-order valence-corrected chi connectivity index (χ1v) is 9.00. The summed E-state index contributed by atoms with van der Waals surface area (Å²) in [6, 6.07) is 8.28. The van der Waals surface area contributed by atoms with Gasteiger partial charge in [-0.15, -0.1) is 0 Å². The SMILES string of the molecule is COc1ccc(C2(C#N)CCC(CC(=O)O)CC2)cc1OCC1CC1. The molecule has 3 rings (SSSR count). The highest BCUT2D eigenvalue weighted by atomic mass is 16.5. The molecular formula is C20H25NO4. The van der Waals surface area contributed by atoms with Gasteiger partial charge in [-0.25, -0.2) is 0 Å². The first-order valence-electron chi connectivity index (χ1n) is 9.00. The molecule has 0 atom stereocenters. The van der Waals surface area contributed by atoms with Crippen LogP contribution in [0, 0.1) is 23.2 Å². The Balaban J connectivity index is 1.77. The van der Waals surface area contributed by atoms with Crippen molar-refractivity contribution in [3.8, 4) is 17.6 Å². The minimum Gasteiger partial charge on any atom is -0.493 e. The lowest BCUT2D eigenvalue weighted by Gasteiger charge is -2.35. The summed E-state index contributed by atoms with van der Waals surface area (Å²) in [5, 5.41) is 18.8. The number of carboxylic acid groups (broad SMARTS) is 1. The van der Waals surface area contributed by atoms with Crippen LogP contribution in [0.2, 0.25) is 0 Å². The zero-order valence-corrected chi connectivity index (χ0v) is 14.7. The van der Waals surface area contributed by atoms with E-state index in [4.69, 9.17) is 14.6 Å². The van der Waals surface area contributed by atoms with Crippen molar-refractivity contribution in [3.63, 3.8) is 0 Å². The zero-order chi connectivity index (χ0) is 17.9. The Morgan fingerprint density at radius 2 is 1.96 bits per heavy atom. The van der Waals surface area contributed by atoms with Crippen molar-refractivity contribution in [1.29, 1.82) is 5.26 Å². The summed E-state index contributed by atoms with van der Waals surface area (Å²) in [5.41, 5.74) is 0.397. The van der Waals surface area contributed by atoms with Gasteiger partial charge in [-0.3, -0.25) is 4.79 Å². The minimum atomic E-state index is -0.755. The van der Waals surface area contributed by atoms with Gasteiger partial charge in [0.25, 0.3) is 0 Å². The Bertz CT molecular complexity index is 667. The van der Waals surface area contributed by atoms with Crippen molar-refractivity contribution in [1.82, 2.24) is 0 Å². The van der Waals surface area contributed by atoms with Crippen LogP contribution in [0.25, 0.3) is 0 Å².